The molecule has 2 N–H and O–H groups in total. The summed E-state index contributed by atoms with van der Waals surface area (Å²) in [7, 11) is -3.83. The van der Waals surface area contributed by atoms with E-state index in [1.807, 2.05) is 0 Å². The van der Waals surface area contributed by atoms with Crippen molar-refractivity contribution in [2.75, 3.05) is 0 Å². The van der Waals surface area contributed by atoms with E-state index in [-0.39, 0.29) is 11.0 Å². The van der Waals surface area contributed by atoms with Crippen molar-refractivity contribution in [3.8, 4) is 5.75 Å². The maximum absolute atomic E-state index is 11.6. The number of halogens is 1. The van der Waals surface area contributed by atoms with Crippen molar-refractivity contribution in [3.63, 3.8) is 0 Å². The van der Waals surface area contributed by atoms with Crippen LogP contribution in [0.1, 0.15) is 32.6 Å². The van der Waals surface area contributed by atoms with E-state index in [1.54, 1.807) is 12.1 Å². The fourth-order valence-electron chi connectivity index (χ4n) is 2.47. The second-order valence-electron chi connectivity index (χ2n) is 5.15. The zero-order valence-electron chi connectivity index (χ0n) is 10.8. The summed E-state index contributed by atoms with van der Waals surface area (Å²) < 4.78 is 28.9. The van der Waals surface area contributed by atoms with Gasteiger partial charge in [-0.15, -0.1) is 0 Å². The van der Waals surface area contributed by atoms with Gasteiger partial charge in [0.2, 0.25) is 10.0 Å². The summed E-state index contributed by atoms with van der Waals surface area (Å²) in [5.41, 5.74) is 0. The molecule has 2 rings (SSSR count). The Morgan fingerprint density at radius 3 is 2.74 bits per heavy atom. The molecule has 106 valence electrons. The van der Waals surface area contributed by atoms with Crippen molar-refractivity contribution in [1.29, 1.82) is 0 Å². The third-order valence-corrected chi connectivity index (χ3v) is 4.56. The van der Waals surface area contributed by atoms with Crippen molar-refractivity contribution in [2.45, 2.75) is 43.6 Å². The second kappa shape index (κ2) is 5.69. The summed E-state index contributed by atoms with van der Waals surface area (Å²) in [6.45, 7) is 2.18. The first-order valence-electron chi connectivity index (χ1n) is 6.35. The Kier molecular flexibility index (Phi) is 4.38. The molecule has 0 amide bonds. The van der Waals surface area contributed by atoms with Gasteiger partial charge in [0.05, 0.1) is 6.10 Å². The highest BCUT2D eigenvalue weighted by molar-refractivity contribution is 7.89. The minimum absolute atomic E-state index is 0.0433. The number of hydrogen-bond acceptors (Lipinski definition) is 3. The van der Waals surface area contributed by atoms with Crippen LogP contribution in [0.5, 0.6) is 5.75 Å². The predicted molar refractivity (Wildman–Crippen MR) is 74.9 cm³/mol. The van der Waals surface area contributed by atoms with Gasteiger partial charge in [-0.05, 0) is 43.4 Å². The maximum atomic E-state index is 11.6. The molecule has 4 nitrogen and oxygen atoms in total. The van der Waals surface area contributed by atoms with Gasteiger partial charge in [0, 0.05) is 5.02 Å². The molecule has 1 aromatic rings. The van der Waals surface area contributed by atoms with E-state index in [0.717, 1.165) is 19.3 Å². The van der Waals surface area contributed by atoms with Crippen LogP contribution in [-0.4, -0.2) is 14.5 Å². The van der Waals surface area contributed by atoms with Gasteiger partial charge in [-0.25, -0.2) is 13.6 Å². The predicted octanol–water partition coefficient (Wildman–Crippen LogP) is 2.94. The van der Waals surface area contributed by atoms with Crippen LogP contribution in [0.2, 0.25) is 5.02 Å². The van der Waals surface area contributed by atoms with Crippen molar-refractivity contribution < 1.29 is 13.2 Å². The van der Waals surface area contributed by atoms with Crippen LogP contribution in [0.15, 0.2) is 23.1 Å². The van der Waals surface area contributed by atoms with Crippen LogP contribution in [0.4, 0.5) is 0 Å². The molecule has 6 heteroatoms. The highest BCUT2D eigenvalue weighted by Gasteiger charge is 2.23. The lowest BCUT2D eigenvalue weighted by molar-refractivity contribution is 0.126. The smallest absolute Gasteiger partial charge is 0.241 e. The lowest BCUT2D eigenvalue weighted by atomic mass is 9.89. The lowest BCUT2D eigenvalue weighted by Gasteiger charge is -2.28. The molecular formula is C13H18ClNO3S. The van der Waals surface area contributed by atoms with Gasteiger partial charge in [-0.3, -0.25) is 0 Å². The lowest BCUT2D eigenvalue weighted by Crippen LogP contribution is -2.25. The van der Waals surface area contributed by atoms with Gasteiger partial charge < -0.3 is 4.74 Å². The second-order valence-corrected chi connectivity index (χ2v) is 7.11. The van der Waals surface area contributed by atoms with E-state index in [4.69, 9.17) is 21.5 Å². The SMILES string of the molecule is CC1CCCC(Oc2ccc(Cl)cc2S(N)(=O)=O)C1. The van der Waals surface area contributed by atoms with Gasteiger partial charge >= 0.3 is 0 Å². The standard InChI is InChI=1S/C13H18ClNO3S/c1-9-3-2-4-11(7-9)18-12-6-5-10(14)8-13(12)19(15,16)17/h5-6,8-9,11H,2-4,7H2,1H3,(H2,15,16,17). The largest absolute Gasteiger partial charge is 0.489 e. The van der Waals surface area contributed by atoms with Gasteiger partial charge in [-0.2, -0.15) is 0 Å². The minimum atomic E-state index is -3.83. The molecule has 0 spiro atoms. The van der Waals surface area contributed by atoms with Crippen LogP contribution in [0.25, 0.3) is 0 Å². The van der Waals surface area contributed by atoms with Crippen molar-refractivity contribution in [1.82, 2.24) is 0 Å². The number of primary sulfonamides is 1. The number of benzene rings is 1. The summed E-state index contributed by atoms with van der Waals surface area (Å²) in [6, 6.07) is 4.51. The van der Waals surface area contributed by atoms with Gasteiger partial charge in [0.25, 0.3) is 0 Å². The Balaban J connectivity index is 2.25. The molecule has 2 unspecified atom stereocenters. The molecule has 0 aliphatic heterocycles. The van der Waals surface area contributed by atoms with Crippen LogP contribution >= 0.6 is 11.6 Å². The van der Waals surface area contributed by atoms with E-state index in [2.05, 4.69) is 6.92 Å². The van der Waals surface area contributed by atoms with Crippen LogP contribution in [0.3, 0.4) is 0 Å². The monoisotopic (exact) mass is 303 g/mol. The van der Waals surface area contributed by atoms with E-state index in [1.165, 1.54) is 12.5 Å². The van der Waals surface area contributed by atoms with Crippen molar-refractivity contribution >= 4 is 21.6 Å². The average molecular weight is 304 g/mol. The highest BCUT2D eigenvalue weighted by Crippen LogP contribution is 2.31. The molecule has 0 bridgehead atoms. The van der Waals surface area contributed by atoms with Gasteiger partial charge in [0.15, 0.2) is 0 Å². The molecule has 0 radical (unpaired) electrons. The molecule has 1 aliphatic carbocycles. The summed E-state index contributed by atoms with van der Waals surface area (Å²) in [5.74, 6) is 0.898. The molecular weight excluding hydrogens is 286 g/mol. The molecule has 1 fully saturated rings. The zero-order valence-corrected chi connectivity index (χ0v) is 12.4. The Labute approximate surface area is 118 Å². The van der Waals surface area contributed by atoms with Crippen LogP contribution in [-0.2, 0) is 10.0 Å². The first-order chi connectivity index (χ1) is 8.86. The fraction of sp³-hybridized carbons (Fsp3) is 0.538. The first-order valence-corrected chi connectivity index (χ1v) is 8.27. The van der Waals surface area contributed by atoms with Crippen molar-refractivity contribution in [3.05, 3.63) is 23.2 Å². The summed E-state index contributed by atoms with van der Waals surface area (Å²) in [5, 5.41) is 5.52. The van der Waals surface area contributed by atoms with Gasteiger partial charge in [0.1, 0.15) is 10.6 Å². The van der Waals surface area contributed by atoms with E-state index >= 15 is 0 Å². The Morgan fingerprint density at radius 2 is 2.11 bits per heavy atom. The van der Waals surface area contributed by atoms with Crippen molar-refractivity contribution in [2.24, 2.45) is 11.1 Å². The molecule has 0 saturated heterocycles. The number of nitrogens with two attached hydrogens (primary N) is 1. The highest BCUT2D eigenvalue weighted by atomic mass is 35.5. The number of ether oxygens (including phenoxy) is 1. The molecule has 0 aromatic heterocycles. The first kappa shape index (κ1) is 14.6. The molecule has 2 atom stereocenters. The molecule has 1 aromatic carbocycles. The number of hydrogen-bond donors (Lipinski definition) is 1. The topological polar surface area (TPSA) is 69.4 Å². The quantitative estimate of drug-likeness (QED) is 0.933. The third-order valence-electron chi connectivity index (χ3n) is 3.39. The van der Waals surface area contributed by atoms with Crippen LogP contribution < -0.4 is 9.88 Å². The average Bonchev–Trinajstić information content (AvgIpc) is 2.30. The normalized spacial score (nSPS) is 24.2. The fourth-order valence-corrected chi connectivity index (χ4v) is 3.39. The maximum Gasteiger partial charge on any atom is 0.241 e. The van der Waals surface area contributed by atoms with E-state index < -0.39 is 10.0 Å². The third kappa shape index (κ3) is 3.84. The zero-order chi connectivity index (χ0) is 14.0. The summed E-state index contributed by atoms with van der Waals surface area (Å²) >= 11 is 5.81. The summed E-state index contributed by atoms with van der Waals surface area (Å²) in [4.78, 5) is -0.0433. The molecule has 0 heterocycles. The van der Waals surface area contributed by atoms with Crippen LogP contribution in [0, 0.1) is 5.92 Å². The minimum Gasteiger partial charge on any atom is -0.489 e. The number of rotatable bonds is 3. The Hall–Kier alpha value is -0.780. The summed E-state index contributed by atoms with van der Waals surface area (Å²) in [6.07, 6.45) is 4.22. The Morgan fingerprint density at radius 1 is 1.37 bits per heavy atom. The van der Waals surface area contributed by atoms with Gasteiger partial charge in [-0.1, -0.05) is 24.9 Å². The molecule has 1 saturated carbocycles. The molecule has 1 aliphatic rings. The van der Waals surface area contributed by atoms with E-state index in [0.29, 0.717) is 16.7 Å². The molecule has 19 heavy (non-hydrogen) atoms. The number of sulfonamides is 1. The Bertz CT molecular complexity index is 559. The van der Waals surface area contributed by atoms with E-state index in [9.17, 15) is 8.42 Å².